The zero-order chi connectivity index (χ0) is 20.1. The smallest absolute Gasteiger partial charge is 0.266 e. The highest BCUT2D eigenvalue weighted by Gasteiger charge is 2.18. The lowest BCUT2D eigenvalue weighted by atomic mass is 10.1. The average molecular weight is 414 g/mol. The highest BCUT2D eigenvalue weighted by atomic mass is 32.2. The van der Waals surface area contributed by atoms with Gasteiger partial charge in [-0.2, -0.15) is 0 Å². The Morgan fingerprint density at radius 1 is 1.18 bits per heavy atom. The molecular formula is C21H23N3O2S2. The minimum atomic E-state index is -0.632. The number of hydrogen-bond acceptors (Lipinski definition) is 6. The summed E-state index contributed by atoms with van der Waals surface area (Å²) < 4.78 is 6.64. The van der Waals surface area contributed by atoms with E-state index < -0.39 is 6.10 Å². The molecule has 28 heavy (non-hydrogen) atoms. The fourth-order valence-corrected chi connectivity index (χ4v) is 4.27. The van der Waals surface area contributed by atoms with Crippen molar-refractivity contribution in [3.05, 3.63) is 64.7 Å². The van der Waals surface area contributed by atoms with E-state index in [9.17, 15) is 4.79 Å². The van der Waals surface area contributed by atoms with E-state index in [1.807, 2.05) is 38.1 Å². The van der Waals surface area contributed by atoms with Crippen LogP contribution in [0.1, 0.15) is 29.2 Å². The Balaban J connectivity index is 1.55. The summed E-state index contributed by atoms with van der Waals surface area (Å²) in [6.07, 6.45) is -0.632. The second-order valence-corrected chi connectivity index (χ2v) is 8.80. The van der Waals surface area contributed by atoms with Crippen molar-refractivity contribution in [2.45, 2.75) is 43.9 Å². The zero-order valence-electron chi connectivity index (χ0n) is 16.4. The minimum absolute atomic E-state index is 0.243. The van der Waals surface area contributed by atoms with E-state index in [2.05, 4.69) is 40.6 Å². The Kier molecular flexibility index (Phi) is 6.70. The molecule has 0 radical (unpaired) electrons. The van der Waals surface area contributed by atoms with Crippen LogP contribution in [0.15, 0.2) is 46.8 Å². The van der Waals surface area contributed by atoms with Crippen molar-refractivity contribution in [3.8, 4) is 5.75 Å². The first-order valence-electron chi connectivity index (χ1n) is 8.98. The van der Waals surface area contributed by atoms with Crippen LogP contribution in [-0.2, 0) is 10.5 Å². The molecule has 0 saturated carbocycles. The molecule has 3 aromatic rings. The van der Waals surface area contributed by atoms with Gasteiger partial charge in [-0.25, -0.2) is 0 Å². The molecule has 0 saturated heterocycles. The molecule has 1 heterocycles. The molecule has 1 N–H and O–H groups in total. The highest BCUT2D eigenvalue weighted by Crippen LogP contribution is 2.29. The molecule has 0 aliphatic carbocycles. The molecule has 0 fully saturated rings. The Morgan fingerprint density at radius 2 is 1.96 bits per heavy atom. The molecule has 1 amide bonds. The molecule has 1 aromatic heterocycles. The summed E-state index contributed by atoms with van der Waals surface area (Å²) in [5, 5.41) is 11.5. The number of hydrogen-bond donors (Lipinski definition) is 1. The second kappa shape index (κ2) is 9.21. The molecule has 0 aliphatic heterocycles. The summed E-state index contributed by atoms with van der Waals surface area (Å²) in [7, 11) is 0. The number of carbonyl (C=O) groups is 1. The van der Waals surface area contributed by atoms with Crippen molar-refractivity contribution in [2.75, 3.05) is 5.32 Å². The quantitative estimate of drug-likeness (QED) is 0.428. The highest BCUT2D eigenvalue weighted by molar-refractivity contribution is 8.00. The van der Waals surface area contributed by atoms with Gasteiger partial charge in [-0.05, 0) is 50.5 Å². The standard InChI is InChI=1S/C21H23N3O2S2/c1-13-7-5-9-17(11-13)12-27-21-24-23-20(28-21)22-19(25)16(4)26-18-10-6-8-14(2)15(18)3/h5-11,16H,12H2,1-4H3,(H,22,23,25). The Hall–Kier alpha value is -2.38. The normalized spacial score (nSPS) is 11.9. The first-order chi connectivity index (χ1) is 13.4. The predicted octanol–water partition coefficient (Wildman–Crippen LogP) is 5.16. The second-order valence-electron chi connectivity index (χ2n) is 6.60. The number of amides is 1. The third-order valence-corrected chi connectivity index (χ3v) is 6.35. The van der Waals surface area contributed by atoms with Crippen molar-refractivity contribution in [1.29, 1.82) is 0 Å². The molecule has 7 heteroatoms. The lowest BCUT2D eigenvalue weighted by Crippen LogP contribution is -2.30. The van der Waals surface area contributed by atoms with Gasteiger partial charge < -0.3 is 4.74 Å². The van der Waals surface area contributed by atoms with Gasteiger partial charge in [-0.1, -0.05) is 65.1 Å². The molecule has 5 nitrogen and oxygen atoms in total. The van der Waals surface area contributed by atoms with Gasteiger partial charge in [0.05, 0.1) is 0 Å². The van der Waals surface area contributed by atoms with Gasteiger partial charge in [0.1, 0.15) is 5.75 Å². The number of rotatable bonds is 7. The van der Waals surface area contributed by atoms with Gasteiger partial charge in [0, 0.05) is 5.75 Å². The lowest BCUT2D eigenvalue weighted by molar-refractivity contribution is -0.122. The SMILES string of the molecule is Cc1cccc(CSc2nnc(NC(=O)C(C)Oc3cccc(C)c3C)s2)c1. The summed E-state index contributed by atoms with van der Waals surface area (Å²) in [6.45, 7) is 7.81. The van der Waals surface area contributed by atoms with Crippen LogP contribution < -0.4 is 10.1 Å². The van der Waals surface area contributed by atoms with Crippen LogP contribution in [0.2, 0.25) is 0 Å². The summed E-state index contributed by atoms with van der Waals surface area (Å²) >= 11 is 2.97. The Morgan fingerprint density at radius 3 is 2.75 bits per heavy atom. The molecule has 3 rings (SSSR count). The number of aryl methyl sites for hydroxylation is 2. The van der Waals surface area contributed by atoms with E-state index in [4.69, 9.17) is 4.74 Å². The fraction of sp³-hybridized carbons (Fsp3) is 0.286. The van der Waals surface area contributed by atoms with Crippen LogP contribution in [0.3, 0.4) is 0 Å². The van der Waals surface area contributed by atoms with Gasteiger partial charge in [-0.3, -0.25) is 10.1 Å². The maximum atomic E-state index is 12.4. The third kappa shape index (κ3) is 5.33. The van der Waals surface area contributed by atoms with E-state index in [-0.39, 0.29) is 5.91 Å². The number of nitrogens with zero attached hydrogens (tertiary/aromatic N) is 2. The van der Waals surface area contributed by atoms with Crippen molar-refractivity contribution < 1.29 is 9.53 Å². The first kappa shape index (κ1) is 20.4. The largest absolute Gasteiger partial charge is 0.481 e. The third-order valence-electron chi connectivity index (χ3n) is 4.31. The number of carbonyl (C=O) groups excluding carboxylic acids is 1. The van der Waals surface area contributed by atoms with Crippen molar-refractivity contribution >= 4 is 34.1 Å². The number of ether oxygens (including phenoxy) is 1. The minimum Gasteiger partial charge on any atom is -0.481 e. The van der Waals surface area contributed by atoms with Crippen molar-refractivity contribution in [1.82, 2.24) is 10.2 Å². The molecule has 1 atom stereocenters. The van der Waals surface area contributed by atoms with Crippen molar-refractivity contribution in [3.63, 3.8) is 0 Å². The van der Waals surface area contributed by atoms with Crippen LogP contribution in [0, 0.1) is 20.8 Å². The topological polar surface area (TPSA) is 64.1 Å². The predicted molar refractivity (Wildman–Crippen MR) is 115 cm³/mol. The maximum Gasteiger partial charge on any atom is 0.266 e. The van der Waals surface area contributed by atoms with E-state index in [1.165, 1.54) is 22.5 Å². The van der Waals surface area contributed by atoms with E-state index in [0.717, 1.165) is 21.2 Å². The Labute approximate surface area is 173 Å². The van der Waals surface area contributed by atoms with E-state index in [0.29, 0.717) is 10.9 Å². The van der Waals surface area contributed by atoms with Crippen LogP contribution in [0.4, 0.5) is 5.13 Å². The first-order valence-corrected chi connectivity index (χ1v) is 10.8. The molecule has 0 bridgehead atoms. The number of thioether (sulfide) groups is 1. The average Bonchev–Trinajstić information content (AvgIpc) is 3.11. The molecule has 2 aromatic carbocycles. The van der Waals surface area contributed by atoms with Crippen molar-refractivity contribution in [2.24, 2.45) is 0 Å². The molecule has 146 valence electrons. The summed E-state index contributed by atoms with van der Waals surface area (Å²) in [5.74, 6) is 1.29. The maximum absolute atomic E-state index is 12.4. The summed E-state index contributed by atoms with van der Waals surface area (Å²) in [4.78, 5) is 12.4. The lowest BCUT2D eigenvalue weighted by Gasteiger charge is -2.16. The van der Waals surface area contributed by atoms with Crippen LogP contribution in [-0.4, -0.2) is 22.2 Å². The summed E-state index contributed by atoms with van der Waals surface area (Å²) in [5.41, 5.74) is 4.64. The monoisotopic (exact) mass is 413 g/mol. The van der Waals surface area contributed by atoms with Gasteiger partial charge in [-0.15, -0.1) is 10.2 Å². The van der Waals surface area contributed by atoms with E-state index in [1.54, 1.807) is 18.7 Å². The van der Waals surface area contributed by atoms with Crippen LogP contribution >= 0.6 is 23.1 Å². The van der Waals surface area contributed by atoms with E-state index >= 15 is 0 Å². The molecular weight excluding hydrogens is 390 g/mol. The van der Waals surface area contributed by atoms with Crippen LogP contribution in [0.5, 0.6) is 5.75 Å². The summed E-state index contributed by atoms with van der Waals surface area (Å²) in [6, 6.07) is 14.2. The van der Waals surface area contributed by atoms with Gasteiger partial charge in [0.2, 0.25) is 5.13 Å². The number of benzene rings is 2. The molecule has 1 unspecified atom stereocenters. The van der Waals surface area contributed by atoms with Gasteiger partial charge in [0.15, 0.2) is 10.4 Å². The fourth-order valence-electron chi connectivity index (χ4n) is 2.57. The molecule has 0 aliphatic rings. The van der Waals surface area contributed by atoms with Crippen LogP contribution in [0.25, 0.3) is 0 Å². The zero-order valence-corrected chi connectivity index (χ0v) is 18.0. The number of anilines is 1. The Bertz CT molecular complexity index is 972. The molecule has 0 spiro atoms. The van der Waals surface area contributed by atoms with Gasteiger partial charge in [0.25, 0.3) is 5.91 Å². The number of nitrogens with one attached hydrogen (secondary N) is 1. The number of aromatic nitrogens is 2. The van der Waals surface area contributed by atoms with Gasteiger partial charge >= 0.3 is 0 Å².